The molecule has 0 unspecified atom stereocenters. The van der Waals surface area contributed by atoms with Crippen molar-refractivity contribution in [3.8, 4) is 0 Å². The monoisotopic (exact) mass is 292 g/mol. The summed E-state index contributed by atoms with van der Waals surface area (Å²) in [6, 6.07) is 4.02. The van der Waals surface area contributed by atoms with Crippen molar-refractivity contribution in [2.24, 2.45) is 0 Å². The van der Waals surface area contributed by atoms with Crippen molar-refractivity contribution in [3.63, 3.8) is 0 Å². The highest BCUT2D eigenvalue weighted by atomic mass is 32.1. The van der Waals surface area contributed by atoms with Gasteiger partial charge in [0.25, 0.3) is 0 Å². The number of nitrogens with one attached hydrogen (secondary N) is 1. The molecule has 1 N–H and O–H groups in total. The number of amides is 1. The van der Waals surface area contributed by atoms with E-state index < -0.39 is 0 Å². The second-order valence-corrected chi connectivity index (χ2v) is 7.01. The third-order valence-electron chi connectivity index (χ3n) is 3.90. The molecule has 3 nitrogen and oxygen atoms in total. The van der Waals surface area contributed by atoms with E-state index in [0.29, 0.717) is 6.54 Å². The van der Waals surface area contributed by atoms with Crippen LogP contribution in [0.2, 0.25) is 0 Å². The quantitative estimate of drug-likeness (QED) is 0.846. The second kappa shape index (κ2) is 6.55. The van der Waals surface area contributed by atoms with Gasteiger partial charge < -0.3 is 5.32 Å². The summed E-state index contributed by atoms with van der Waals surface area (Å²) in [5.74, 6) is 0.0330. The fourth-order valence-corrected chi connectivity index (χ4v) is 3.24. The van der Waals surface area contributed by atoms with E-state index in [1.807, 2.05) is 30.5 Å². The van der Waals surface area contributed by atoms with E-state index >= 15 is 0 Å². The molecule has 2 rings (SSSR count). The fraction of sp³-hybridized carbons (Fsp3) is 0.562. The van der Waals surface area contributed by atoms with Crippen molar-refractivity contribution in [1.82, 2.24) is 10.2 Å². The number of likely N-dealkylation sites (tertiary alicyclic amines) is 1. The molecule has 0 saturated carbocycles. The molecule has 1 aromatic heterocycles. The van der Waals surface area contributed by atoms with E-state index in [-0.39, 0.29) is 11.4 Å². The van der Waals surface area contributed by atoms with E-state index in [9.17, 15) is 4.79 Å². The summed E-state index contributed by atoms with van der Waals surface area (Å²) >= 11 is 1.65. The molecule has 0 bridgehead atoms. The van der Waals surface area contributed by atoms with Crippen LogP contribution in [0.25, 0.3) is 6.08 Å². The molecule has 1 aliphatic rings. The van der Waals surface area contributed by atoms with Crippen LogP contribution in [-0.2, 0) is 4.79 Å². The van der Waals surface area contributed by atoms with Gasteiger partial charge in [0.2, 0.25) is 5.91 Å². The molecule has 0 radical (unpaired) electrons. The summed E-state index contributed by atoms with van der Waals surface area (Å²) in [5, 5.41) is 5.09. The number of hydrogen-bond acceptors (Lipinski definition) is 3. The third kappa shape index (κ3) is 3.93. The van der Waals surface area contributed by atoms with Crippen LogP contribution in [0.3, 0.4) is 0 Å². The number of nitrogens with zero attached hydrogens (tertiary/aromatic N) is 1. The molecule has 1 saturated heterocycles. The Hall–Kier alpha value is -1.13. The molecule has 0 spiro atoms. The summed E-state index contributed by atoms with van der Waals surface area (Å²) < 4.78 is 0. The van der Waals surface area contributed by atoms with Crippen LogP contribution in [0.1, 0.15) is 38.5 Å². The van der Waals surface area contributed by atoms with E-state index in [1.54, 1.807) is 11.3 Å². The largest absolute Gasteiger partial charge is 0.350 e. The van der Waals surface area contributed by atoms with Gasteiger partial charge in [0.15, 0.2) is 0 Å². The Bertz CT molecular complexity index is 471. The molecule has 0 atom stereocenters. The highest BCUT2D eigenvalue weighted by Crippen LogP contribution is 2.20. The third-order valence-corrected chi connectivity index (χ3v) is 4.72. The summed E-state index contributed by atoms with van der Waals surface area (Å²) in [4.78, 5) is 15.7. The van der Waals surface area contributed by atoms with Crippen LogP contribution in [0, 0.1) is 0 Å². The maximum absolute atomic E-state index is 12.1. The first-order valence-corrected chi connectivity index (χ1v) is 8.12. The van der Waals surface area contributed by atoms with Gasteiger partial charge in [-0.25, -0.2) is 0 Å². The zero-order valence-corrected chi connectivity index (χ0v) is 13.4. The first-order chi connectivity index (χ1) is 9.49. The Morgan fingerprint density at radius 2 is 2.15 bits per heavy atom. The molecular weight excluding hydrogens is 268 g/mol. The normalized spacial score (nSPS) is 17.4. The van der Waals surface area contributed by atoms with Crippen molar-refractivity contribution in [1.29, 1.82) is 0 Å². The van der Waals surface area contributed by atoms with Crippen LogP contribution in [0.4, 0.5) is 0 Å². The van der Waals surface area contributed by atoms with Crippen molar-refractivity contribution < 1.29 is 4.79 Å². The maximum Gasteiger partial charge on any atom is 0.247 e. The van der Waals surface area contributed by atoms with Gasteiger partial charge in [0, 0.05) is 22.5 Å². The summed E-state index contributed by atoms with van der Waals surface area (Å²) in [5.41, 5.74) is 0.805. The fourth-order valence-electron chi connectivity index (χ4n) is 2.52. The van der Waals surface area contributed by atoms with Crippen LogP contribution in [0.15, 0.2) is 23.1 Å². The molecule has 0 aromatic carbocycles. The molecule has 1 aromatic rings. The standard InChI is InChI=1S/C16H24N2OS/c1-13(11-14-7-6-10-20-14)15(19)17-12-16(2,3)18-8-4-5-9-18/h6-7,10-11H,4-5,8-9,12H2,1-3H3,(H,17,19)/b13-11+. The minimum atomic E-state index is 0.0330. The predicted molar refractivity (Wildman–Crippen MR) is 85.9 cm³/mol. The minimum Gasteiger partial charge on any atom is -0.350 e. The Morgan fingerprint density at radius 1 is 1.45 bits per heavy atom. The zero-order valence-electron chi connectivity index (χ0n) is 12.6. The number of rotatable bonds is 5. The molecule has 20 heavy (non-hydrogen) atoms. The molecule has 1 amide bonds. The van der Waals surface area contributed by atoms with E-state index in [4.69, 9.17) is 0 Å². The van der Waals surface area contributed by atoms with Gasteiger partial charge in [-0.2, -0.15) is 0 Å². The average Bonchev–Trinajstić information content (AvgIpc) is 3.08. The van der Waals surface area contributed by atoms with Crippen LogP contribution >= 0.6 is 11.3 Å². The maximum atomic E-state index is 12.1. The summed E-state index contributed by atoms with van der Waals surface area (Å²) in [7, 11) is 0. The number of carbonyl (C=O) groups is 1. The van der Waals surface area contributed by atoms with E-state index in [1.165, 1.54) is 12.8 Å². The number of thiophene rings is 1. The first-order valence-electron chi connectivity index (χ1n) is 7.24. The molecule has 110 valence electrons. The molecule has 2 heterocycles. The number of carbonyl (C=O) groups excluding carboxylic acids is 1. The van der Waals surface area contributed by atoms with Crippen molar-refractivity contribution >= 4 is 23.3 Å². The zero-order chi connectivity index (χ0) is 14.6. The van der Waals surface area contributed by atoms with Crippen molar-refractivity contribution in [3.05, 3.63) is 28.0 Å². The second-order valence-electron chi connectivity index (χ2n) is 6.03. The average molecular weight is 292 g/mol. The SMILES string of the molecule is C/C(=C\c1cccs1)C(=O)NCC(C)(C)N1CCCC1. The Morgan fingerprint density at radius 3 is 2.75 bits per heavy atom. The predicted octanol–water partition coefficient (Wildman–Crippen LogP) is 3.14. The lowest BCUT2D eigenvalue weighted by Crippen LogP contribution is -2.50. The van der Waals surface area contributed by atoms with Crippen LogP contribution < -0.4 is 5.32 Å². The van der Waals surface area contributed by atoms with Crippen molar-refractivity contribution in [2.45, 2.75) is 39.2 Å². The molecule has 4 heteroatoms. The highest BCUT2D eigenvalue weighted by molar-refractivity contribution is 7.10. The van der Waals surface area contributed by atoms with Crippen molar-refractivity contribution in [2.75, 3.05) is 19.6 Å². The smallest absolute Gasteiger partial charge is 0.247 e. The number of hydrogen-bond donors (Lipinski definition) is 1. The summed E-state index contributed by atoms with van der Waals surface area (Å²) in [6.07, 6.45) is 4.49. The lowest BCUT2D eigenvalue weighted by Gasteiger charge is -2.35. The van der Waals surface area contributed by atoms with Crippen LogP contribution in [0.5, 0.6) is 0 Å². The van der Waals surface area contributed by atoms with Gasteiger partial charge in [0.1, 0.15) is 0 Å². The topological polar surface area (TPSA) is 32.3 Å². The lowest BCUT2D eigenvalue weighted by molar-refractivity contribution is -0.117. The Kier molecular flexibility index (Phi) is 5.00. The van der Waals surface area contributed by atoms with Crippen LogP contribution in [-0.4, -0.2) is 36.0 Å². The van der Waals surface area contributed by atoms with Gasteiger partial charge in [-0.05, 0) is 64.2 Å². The molecule has 0 aliphatic carbocycles. The van der Waals surface area contributed by atoms with E-state index in [0.717, 1.165) is 23.5 Å². The summed E-state index contributed by atoms with van der Waals surface area (Å²) in [6.45, 7) is 9.27. The Labute approximate surface area is 125 Å². The lowest BCUT2D eigenvalue weighted by atomic mass is 10.0. The molecule has 1 fully saturated rings. The van der Waals surface area contributed by atoms with Gasteiger partial charge in [-0.15, -0.1) is 11.3 Å². The van der Waals surface area contributed by atoms with Gasteiger partial charge in [0.05, 0.1) is 0 Å². The molecule has 1 aliphatic heterocycles. The highest BCUT2D eigenvalue weighted by Gasteiger charge is 2.29. The van der Waals surface area contributed by atoms with E-state index in [2.05, 4.69) is 24.1 Å². The van der Waals surface area contributed by atoms with Gasteiger partial charge >= 0.3 is 0 Å². The first kappa shape index (κ1) is 15.3. The molecular formula is C16H24N2OS. The Balaban J connectivity index is 1.88. The van der Waals surface area contributed by atoms with Gasteiger partial charge in [-0.1, -0.05) is 6.07 Å². The van der Waals surface area contributed by atoms with Gasteiger partial charge in [-0.3, -0.25) is 9.69 Å². The minimum absolute atomic E-state index is 0.0330.